The van der Waals surface area contributed by atoms with Gasteiger partial charge in [-0.1, -0.05) is 72.3 Å². The van der Waals surface area contributed by atoms with Crippen molar-refractivity contribution in [3.63, 3.8) is 0 Å². The van der Waals surface area contributed by atoms with Gasteiger partial charge in [0, 0.05) is 10.6 Å². The monoisotopic (exact) mass is 493 g/mol. The number of hydrogen-bond acceptors (Lipinski definition) is 3. The zero-order chi connectivity index (χ0) is 25.1. The van der Waals surface area contributed by atoms with E-state index in [1.807, 2.05) is 91.9 Å². The summed E-state index contributed by atoms with van der Waals surface area (Å²) in [7, 11) is 0. The summed E-state index contributed by atoms with van der Waals surface area (Å²) in [6.07, 6.45) is 0. The van der Waals surface area contributed by atoms with E-state index in [9.17, 15) is 10.2 Å². The van der Waals surface area contributed by atoms with Crippen molar-refractivity contribution in [3.05, 3.63) is 131 Å². The number of nitrogens with one attached hydrogen (secondary N) is 1. The predicted octanol–water partition coefficient (Wildman–Crippen LogP) is 7.62. The van der Waals surface area contributed by atoms with Crippen LogP contribution in [0.1, 0.15) is 18.1 Å². The van der Waals surface area contributed by atoms with Gasteiger partial charge in [0.1, 0.15) is 11.4 Å². The number of benzene rings is 4. The second-order valence-electron chi connectivity index (χ2n) is 8.16. The smallest absolute Gasteiger partial charge is 0.339 e. The van der Waals surface area contributed by atoms with E-state index >= 15 is 0 Å². The standard InChI is InChI=1S/C30H24ClN3O2/c1-2-36-26-19-17-24(18-20-26)33-28(29(32)34(30(33)35)25-15-13-23(31)14-16-25)27(21-9-5-3-6-10-21)22-11-7-4-8-12-22/h3-20,32H,2H2,1H3. The molecule has 5 rings (SSSR count). The maximum Gasteiger partial charge on any atom is 0.339 e. The highest BCUT2D eigenvalue weighted by Crippen LogP contribution is 2.39. The van der Waals surface area contributed by atoms with E-state index in [1.54, 1.807) is 29.2 Å². The Morgan fingerprint density at radius 1 is 0.750 bits per heavy atom. The third-order valence-corrected chi connectivity index (χ3v) is 6.16. The number of nitrogens with zero attached hydrogens (tertiary/aromatic N) is 2. The van der Waals surface area contributed by atoms with Gasteiger partial charge in [-0.25, -0.2) is 9.69 Å². The molecule has 5 nitrogen and oxygen atoms in total. The molecular weight excluding hydrogens is 470 g/mol. The van der Waals surface area contributed by atoms with E-state index in [0.29, 0.717) is 28.7 Å². The summed E-state index contributed by atoms with van der Waals surface area (Å²) in [5.74, 6) is 0.799. The minimum atomic E-state index is -0.342. The fourth-order valence-corrected chi connectivity index (χ4v) is 4.44. The average molecular weight is 494 g/mol. The molecule has 0 aliphatic carbocycles. The van der Waals surface area contributed by atoms with Crippen LogP contribution in [0.3, 0.4) is 0 Å². The molecule has 0 spiro atoms. The SMILES string of the molecule is CCOc1ccc(N2C(=O)N(c3ccc(Cl)cc3)C(=N)C2=C(c2ccccc2)c2ccccc2)cc1. The number of carbonyl (C=O) groups is 1. The number of carbonyl (C=O) groups excluding carboxylic acids is 1. The van der Waals surface area contributed by atoms with Crippen LogP contribution >= 0.6 is 11.6 Å². The lowest BCUT2D eigenvalue weighted by Crippen LogP contribution is -2.32. The number of halogens is 1. The normalized spacial score (nSPS) is 13.3. The van der Waals surface area contributed by atoms with E-state index in [2.05, 4.69) is 0 Å². The van der Waals surface area contributed by atoms with Crippen LogP contribution < -0.4 is 14.5 Å². The van der Waals surface area contributed by atoms with Crippen LogP contribution in [-0.4, -0.2) is 18.5 Å². The topological polar surface area (TPSA) is 56.6 Å². The molecule has 1 saturated heterocycles. The first-order chi connectivity index (χ1) is 17.6. The highest BCUT2D eigenvalue weighted by atomic mass is 35.5. The van der Waals surface area contributed by atoms with Crippen molar-refractivity contribution in [2.45, 2.75) is 6.92 Å². The number of ether oxygens (including phenoxy) is 1. The third kappa shape index (κ3) is 4.37. The summed E-state index contributed by atoms with van der Waals surface area (Å²) in [4.78, 5) is 17.0. The molecule has 1 aliphatic rings. The molecule has 1 heterocycles. The first kappa shape index (κ1) is 23.4. The Hall–Kier alpha value is -4.35. The molecular formula is C30H24ClN3O2. The fourth-order valence-electron chi connectivity index (χ4n) is 4.31. The molecule has 4 aromatic carbocycles. The van der Waals surface area contributed by atoms with Crippen LogP contribution in [0.15, 0.2) is 115 Å². The molecule has 0 radical (unpaired) electrons. The number of anilines is 2. The number of rotatable bonds is 6. The van der Waals surface area contributed by atoms with E-state index in [4.69, 9.17) is 16.3 Å². The van der Waals surface area contributed by atoms with Crippen molar-refractivity contribution in [2.24, 2.45) is 0 Å². The van der Waals surface area contributed by atoms with E-state index in [-0.39, 0.29) is 11.9 Å². The molecule has 2 amide bonds. The van der Waals surface area contributed by atoms with Gasteiger partial charge in [-0.15, -0.1) is 0 Å². The van der Waals surface area contributed by atoms with Gasteiger partial charge >= 0.3 is 6.03 Å². The Kier molecular flexibility index (Phi) is 6.56. The summed E-state index contributed by atoms with van der Waals surface area (Å²) in [6.45, 7) is 2.48. The van der Waals surface area contributed by atoms with Gasteiger partial charge in [0.2, 0.25) is 0 Å². The van der Waals surface area contributed by atoms with Gasteiger partial charge in [-0.3, -0.25) is 10.3 Å². The maximum absolute atomic E-state index is 14.0. The molecule has 0 atom stereocenters. The largest absolute Gasteiger partial charge is 0.494 e. The first-order valence-electron chi connectivity index (χ1n) is 11.6. The highest BCUT2D eigenvalue weighted by Gasteiger charge is 2.42. The van der Waals surface area contributed by atoms with Crippen LogP contribution in [0.2, 0.25) is 5.02 Å². The van der Waals surface area contributed by atoms with Crippen LogP contribution in [0.4, 0.5) is 16.2 Å². The summed E-state index contributed by atoms with van der Waals surface area (Å²) >= 11 is 6.11. The Balaban J connectivity index is 1.76. The van der Waals surface area contributed by atoms with Gasteiger partial charge in [0.05, 0.1) is 18.0 Å². The summed E-state index contributed by atoms with van der Waals surface area (Å²) < 4.78 is 5.61. The zero-order valence-corrected chi connectivity index (χ0v) is 20.4. The summed E-state index contributed by atoms with van der Waals surface area (Å²) in [5, 5.41) is 9.81. The fraction of sp³-hybridized carbons (Fsp3) is 0.0667. The number of amides is 2. The minimum absolute atomic E-state index is 0.0823. The number of amidine groups is 1. The Labute approximate surface area is 215 Å². The van der Waals surface area contributed by atoms with Gasteiger partial charge in [-0.05, 0) is 66.6 Å². The molecule has 0 unspecified atom stereocenters. The Bertz CT molecular complexity index is 1380. The van der Waals surface area contributed by atoms with Crippen molar-refractivity contribution in [1.29, 1.82) is 5.41 Å². The lowest BCUT2D eigenvalue weighted by molar-refractivity contribution is 0.257. The maximum atomic E-state index is 14.0. The Morgan fingerprint density at radius 3 is 1.78 bits per heavy atom. The first-order valence-corrected chi connectivity index (χ1v) is 12.0. The van der Waals surface area contributed by atoms with Crippen molar-refractivity contribution < 1.29 is 9.53 Å². The molecule has 1 fully saturated rings. The highest BCUT2D eigenvalue weighted by molar-refractivity contribution is 6.37. The molecule has 6 heteroatoms. The quantitative estimate of drug-likeness (QED) is 0.300. The average Bonchev–Trinajstić information content (AvgIpc) is 3.16. The number of urea groups is 1. The van der Waals surface area contributed by atoms with Crippen molar-refractivity contribution in [3.8, 4) is 5.75 Å². The third-order valence-electron chi connectivity index (χ3n) is 5.91. The molecule has 1 N–H and O–H groups in total. The van der Waals surface area contributed by atoms with Gasteiger partial charge in [0.25, 0.3) is 0 Å². The predicted molar refractivity (Wildman–Crippen MR) is 146 cm³/mol. The second kappa shape index (κ2) is 10.1. The minimum Gasteiger partial charge on any atom is -0.494 e. The van der Waals surface area contributed by atoms with E-state index in [0.717, 1.165) is 22.4 Å². The number of hydrogen-bond donors (Lipinski definition) is 1. The van der Waals surface area contributed by atoms with E-state index < -0.39 is 0 Å². The van der Waals surface area contributed by atoms with Gasteiger partial charge < -0.3 is 4.74 Å². The van der Waals surface area contributed by atoms with Gasteiger partial charge in [-0.2, -0.15) is 0 Å². The molecule has 36 heavy (non-hydrogen) atoms. The molecule has 0 bridgehead atoms. The lowest BCUT2D eigenvalue weighted by atomic mass is 9.95. The van der Waals surface area contributed by atoms with Crippen LogP contribution in [-0.2, 0) is 0 Å². The lowest BCUT2D eigenvalue weighted by Gasteiger charge is -2.21. The molecule has 0 aromatic heterocycles. The zero-order valence-electron chi connectivity index (χ0n) is 19.7. The summed E-state index contributed by atoms with van der Waals surface area (Å²) in [6, 6.07) is 33.7. The molecule has 0 saturated carbocycles. The van der Waals surface area contributed by atoms with Crippen molar-refractivity contribution in [2.75, 3.05) is 16.4 Å². The van der Waals surface area contributed by atoms with E-state index in [1.165, 1.54) is 4.90 Å². The second-order valence-corrected chi connectivity index (χ2v) is 8.60. The van der Waals surface area contributed by atoms with Gasteiger partial charge in [0.15, 0.2) is 5.84 Å². The molecule has 178 valence electrons. The van der Waals surface area contributed by atoms with Crippen LogP contribution in [0.25, 0.3) is 5.57 Å². The van der Waals surface area contributed by atoms with Crippen LogP contribution in [0, 0.1) is 5.41 Å². The van der Waals surface area contributed by atoms with Crippen LogP contribution in [0.5, 0.6) is 5.75 Å². The van der Waals surface area contributed by atoms with Crippen molar-refractivity contribution in [1.82, 2.24) is 0 Å². The summed E-state index contributed by atoms with van der Waals surface area (Å²) in [5.41, 5.74) is 4.32. The van der Waals surface area contributed by atoms with Crippen molar-refractivity contribution >= 4 is 40.4 Å². The Morgan fingerprint density at radius 2 is 1.25 bits per heavy atom. The molecule has 1 aliphatic heterocycles. The molecule has 4 aromatic rings.